The van der Waals surface area contributed by atoms with E-state index in [-0.39, 0.29) is 11.9 Å². The van der Waals surface area contributed by atoms with E-state index in [4.69, 9.17) is 4.74 Å². The molecule has 0 aliphatic heterocycles. The van der Waals surface area contributed by atoms with Gasteiger partial charge < -0.3 is 9.64 Å². The van der Waals surface area contributed by atoms with Crippen LogP contribution in [0.5, 0.6) is 0 Å². The van der Waals surface area contributed by atoms with Crippen LogP contribution in [0.15, 0.2) is 30.3 Å². The molecule has 0 fully saturated rings. The Kier molecular flexibility index (Phi) is 9.03. The molecule has 0 aliphatic carbocycles. The Morgan fingerprint density at radius 2 is 1.78 bits per heavy atom. The maximum Gasteiger partial charge on any atom is 0.305 e. The number of benzene rings is 1. The summed E-state index contributed by atoms with van der Waals surface area (Å²) in [6.45, 7) is 7.28. The number of carbonyl (C=O) groups is 2. The van der Waals surface area contributed by atoms with Crippen molar-refractivity contribution in [2.75, 3.05) is 18.1 Å². The third-order valence-electron chi connectivity index (χ3n) is 3.45. The quantitative estimate of drug-likeness (QED) is 0.608. The lowest BCUT2D eigenvalue weighted by Gasteiger charge is -2.22. The lowest BCUT2D eigenvalue weighted by atomic mass is 10.2. The number of rotatable bonds is 10. The van der Waals surface area contributed by atoms with Gasteiger partial charge in [-0.05, 0) is 30.9 Å². The summed E-state index contributed by atoms with van der Waals surface area (Å²) in [5, 5.41) is 0. The van der Waals surface area contributed by atoms with Gasteiger partial charge in [0.05, 0.1) is 6.61 Å². The minimum Gasteiger partial charge on any atom is -0.465 e. The van der Waals surface area contributed by atoms with E-state index in [1.54, 1.807) is 0 Å². The summed E-state index contributed by atoms with van der Waals surface area (Å²) >= 11 is 0. The van der Waals surface area contributed by atoms with E-state index < -0.39 is 0 Å². The third kappa shape index (κ3) is 7.82. The Morgan fingerprint density at radius 3 is 2.39 bits per heavy atom. The van der Waals surface area contributed by atoms with Gasteiger partial charge >= 0.3 is 5.97 Å². The van der Waals surface area contributed by atoms with E-state index in [1.165, 1.54) is 0 Å². The van der Waals surface area contributed by atoms with Crippen LogP contribution in [0, 0.1) is 5.92 Å². The zero-order chi connectivity index (χ0) is 17.1. The molecule has 128 valence electrons. The highest BCUT2D eigenvalue weighted by molar-refractivity contribution is 5.93. The number of ether oxygens (including phenoxy) is 1. The Bertz CT molecular complexity index is 471. The molecular formula is C19H29NO3. The summed E-state index contributed by atoms with van der Waals surface area (Å²) in [5.74, 6) is 0.191. The van der Waals surface area contributed by atoms with Crippen LogP contribution in [0.4, 0.5) is 5.69 Å². The number of nitrogens with zero attached hydrogens (tertiary/aromatic N) is 1. The van der Waals surface area contributed by atoms with Crippen LogP contribution in [-0.2, 0) is 14.3 Å². The predicted molar refractivity (Wildman–Crippen MR) is 93.4 cm³/mol. The maximum atomic E-state index is 12.5. The van der Waals surface area contributed by atoms with Gasteiger partial charge in [0, 0.05) is 25.1 Å². The number of esters is 1. The monoisotopic (exact) mass is 319 g/mol. The first-order valence-electron chi connectivity index (χ1n) is 8.55. The molecule has 0 N–H and O–H groups in total. The molecule has 1 aromatic carbocycles. The second kappa shape index (κ2) is 10.8. The number of anilines is 1. The summed E-state index contributed by atoms with van der Waals surface area (Å²) in [6, 6.07) is 9.71. The first kappa shape index (κ1) is 19.2. The van der Waals surface area contributed by atoms with E-state index in [1.807, 2.05) is 49.1 Å². The van der Waals surface area contributed by atoms with Crippen molar-refractivity contribution in [3.8, 4) is 0 Å². The molecule has 0 saturated heterocycles. The van der Waals surface area contributed by atoms with Gasteiger partial charge in [0.15, 0.2) is 0 Å². The summed E-state index contributed by atoms with van der Waals surface area (Å²) in [6.07, 6.45) is 3.21. The molecule has 4 nitrogen and oxygen atoms in total. The second-order valence-electron chi connectivity index (χ2n) is 6.16. The van der Waals surface area contributed by atoms with Crippen LogP contribution in [0.1, 0.15) is 52.9 Å². The number of hydrogen-bond acceptors (Lipinski definition) is 3. The number of para-hydroxylation sites is 1. The van der Waals surface area contributed by atoms with Crippen molar-refractivity contribution in [2.24, 2.45) is 5.92 Å². The minimum atomic E-state index is -0.216. The molecule has 0 bridgehead atoms. The average Bonchev–Trinajstić information content (AvgIpc) is 2.54. The second-order valence-corrected chi connectivity index (χ2v) is 6.16. The standard InChI is InChI=1S/C19H29NO3/c1-4-5-14-20(17-10-7-6-8-11-17)18(21)12-9-13-19(22)23-15-16(2)3/h6-8,10-11,16H,4-5,9,12-15H2,1-3H3. The number of amides is 1. The van der Waals surface area contributed by atoms with Crippen molar-refractivity contribution < 1.29 is 14.3 Å². The highest BCUT2D eigenvalue weighted by Gasteiger charge is 2.15. The van der Waals surface area contributed by atoms with Crippen molar-refractivity contribution in [3.63, 3.8) is 0 Å². The largest absolute Gasteiger partial charge is 0.465 e. The Hall–Kier alpha value is -1.84. The van der Waals surface area contributed by atoms with Crippen LogP contribution < -0.4 is 4.90 Å². The van der Waals surface area contributed by atoms with Gasteiger partial charge in [-0.2, -0.15) is 0 Å². The number of unbranched alkanes of at least 4 members (excludes halogenated alkanes) is 1. The summed E-state index contributed by atoms with van der Waals surface area (Å²) in [7, 11) is 0. The van der Waals surface area contributed by atoms with Gasteiger partial charge in [-0.15, -0.1) is 0 Å². The van der Waals surface area contributed by atoms with E-state index >= 15 is 0 Å². The minimum absolute atomic E-state index is 0.0707. The van der Waals surface area contributed by atoms with Gasteiger partial charge in [-0.1, -0.05) is 45.4 Å². The zero-order valence-electron chi connectivity index (χ0n) is 14.6. The average molecular weight is 319 g/mol. The zero-order valence-corrected chi connectivity index (χ0v) is 14.6. The highest BCUT2D eigenvalue weighted by Crippen LogP contribution is 2.16. The predicted octanol–water partition coefficient (Wildman–Crippen LogP) is 4.19. The number of carbonyl (C=O) groups excluding carboxylic acids is 2. The van der Waals surface area contributed by atoms with E-state index in [2.05, 4.69) is 6.92 Å². The van der Waals surface area contributed by atoms with Crippen molar-refractivity contribution in [3.05, 3.63) is 30.3 Å². The molecule has 0 unspecified atom stereocenters. The Balaban J connectivity index is 2.46. The van der Waals surface area contributed by atoms with Gasteiger partial charge in [0.25, 0.3) is 0 Å². The fourth-order valence-corrected chi connectivity index (χ4v) is 2.17. The maximum absolute atomic E-state index is 12.5. The van der Waals surface area contributed by atoms with E-state index in [0.29, 0.717) is 31.8 Å². The molecule has 0 spiro atoms. The molecule has 0 atom stereocenters. The first-order valence-corrected chi connectivity index (χ1v) is 8.55. The molecule has 0 radical (unpaired) electrons. The normalized spacial score (nSPS) is 10.6. The lowest BCUT2D eigenvalue weighted by Crippen LogP contribution is -2.31. The van der Waals surface area contributed by atoms with E-state index in [0.717, 1.165) is 25.1 Å². The first-order chi connectivity index (χ1) is 11.0. The molecule has 1 amide bonds. The summed E-state index contributed by atoms with van der Waals surface area (Å²) in [4.78, 5) is 25.9. The Labute approximate surface area is 139 Å². The van der Waals surface area contributed by atoms with Crippen molar-refractivity contribution in [1.29, 1.82) is 0 Å². The van der Waals surface area contributed by atoms with E-state index in [9.17, 15) is 9.59 Å². The molecule has 0 aromatic heterocycles. The van der Waals surface area contributed by atoms with Crippen LogP contribution >= 0.6 is 0 Å². The van der Waals surface area contributed by atoms with Crippen LogP contribution in [0.3, 0.4) is 0 Å². The molecule has 1 aromatic rings. The van der Waals surface area contributed by atoms with Crippen molar-refractivity contribution >= 4 is 17.6 Å². The van der Waals surface area contributed by atoms with Crippen LogP contribution in [-0.4, -0.2) is 25.0 Å². The van der Waals surface area contributed by atoms with Crippen LogP contribution in [0.2, 0.25) is 0 Å². The fourth-order valence-electron chi connectivity index (χ4n) is 2.17. The van der Waals surface area contributed by atoms with Crippen LogP contribution in [0.25, 0.3) is 0 Å². The van der Waals surface area contributed by atoms with Gasteiger partial charge in [0.1, 0.15) is 0 Å². The molecule has 0 saturated carbocycles. The van der Waals surface area contributed by atoms with Crippen molar-refractivity contribution in [2.45, 2.75) is 52.9 Å². The SMILES string of the molecule is CCCCN(C(=O)CCCC(=O)OCC(C)C)c1ccccc1. The lowest BCUT2D eigenvalue weighted by molar-refractivity contribution is -0.144. The molecular weight excluding hydrogens is 290 g/mol. The molecule has 0 heterocycles. The summed E-state index contributed by atoms with van der Waals surface area (Å²) in [5.41, 5.74) is 0.924. The number of hydrogen-bond donors (Lipinski definition) is 0. The summed E-state index contributed by atoms with van der Waals surface area (Å²) < 4.78 is 5.13. The molecule has 23 heavy (non-hydrogen) atoms. The third-order valence-corrected chi connectivity index (χ3v) is 3.45. The van der Waals surface area contributed by atoms with Crippen molar-refractivity contribution in [1.82, 2.24) is 0 Å². The molecule has 4 heteroatoms. The molecule has 0 aliphatic rings. The molecule has 1 rings (SSSR count). The van der Waals surface area contributed by atoms with Gasteiger partial charge in [-0.3, -0.25) is 9.59 Å². The highest BCUT2D eigenvalue weighted by atomic mass is 16.5. The smallest absolute Gasteiger partial charge is 0.305 e. The van der Waals surface area contributed by atoms with Gasteiger partial charge in [0.2, 0.25) is 5.91 Å². The Morgan fingerprint density at radius 1 is 1.09 bits per heavy atom. The fraction of sp³-hybridized carbons (Fsp3) is 0.579. The topological polar surface area (TPSA) is 46.6 Å². The van der Waals surface area contributed by atoms with Gasteiger partial charge in [-0.25, -0.2) is 0 Å².